The maximum Gasteiger partial charge on any atom is 0.262 e. The molecular formula is C21H21FN2O2S. The molecule has 0 saturated heterocycles. The highest BCUT2D eigenvalue weighted by molar-refractivity contribution is 7.18. The van der Waals surface area contributed by atoms with Crippen molar-refractivity contribution in [3.05, 3.63) is 61.8 Å². The Balaban J connectivity index is 1.76. The Morgan fingerprint density at radius 1 is 1.37 bits per heavy atom. The van der Waals surface area contributed by atoms with Crippen LogP contribution in [0, 0.1) is 25.6 Å². The Hall–Kier alpha value is -2.34. The number of rotatable bonds is 3. The Bertz CT molecular complexity index is 1130. The van der Waals surface area contributed by atoms with Gasteiger partial charge >= 0.3 is 0 Å². The zero-order valence-corrected chi connectivity index (χ0v) is 16.5. The molecule has 1 unspecified atom stereocenters. The molecule has 0 amide bonds. The molecular weight excluding hydrogens is 363 g/mol. The zero-order valence-electron chi connectivity index (χ0n) is 15.6. The number of halogens is 1. The van der Waals surface area contributed by atoms with E-state index in [-0.39, 0.29) is 23.7 Å². The van der Waals surface area contributed by atoms with Crippen LogP contribution in [0.4, 0.5) is 4.39 Å². The third-order valence-electron chi connectivity index (χ3n) is 5.39. The second-order valence-electron chi connectivity index (χ2n) is 7.47. The van der Waals surface area contributed by atoms with Gasteiger partial charge in [0, 0.05) is 10.4 Å². The van der Waals surface area contributed by atoms with Crippen molar-refractivity contribution >= 4 is 27.3 Å². The molecule has 3 aromatic rings. The Labute approximate surface area is 160 Å². The van der Waals surface area contributed by atoms with Gasteiger partial charge in [0.1, 0.15) is 16.5 Å². The van der Waals surface area contributed by atoms with E-state index >= 15 is 0 Å². The first-order chi connectivity index (χ1) is 12.8. The number of hydrogen-bond donors (Lipinski definition) is 0. The van der Waals surface area contributed by atoms with Crippen LogP contribution in [0.2, 0.25) is 0 Å². The maximum atomic E-state index is 13.5. The summed E-state index contributed by atoms with van der Waals surface area (Å²) in [6.07, 6.45) is 2.95. The van der Waals surface area contributed by atoms with Crippen LogP contribution in [0.15, 0.2) is 23.0 Å². The minimum atomic E-state index is -0.345. The van der Waals surface area contributed by atoms with Crippen molar-refractivity contribution in [1.29, 1.82) is 0 Å². The van der Waals surface area contributed by atoms with Crippen LogP contribution < -0.4 is 5.56 Å². The highest BCUT2D eigenvalue weighted by atomic mass is 32.1. The van der Waals surface area contributed by atoms with Crippen LogP contribution in [0.3, 0.4) is 0 Å². The highest BCUT2D eigenvalue weighted by Gasteiger charge is 2.24. The summed E-state index contributed by atoms with van der Waals surface area (Å²) >= 11 is 1.61. The fourth-order valence-corrected chi connectivity index (χ4v) is 5.18. The summed E-state index contributed by atoms with van der Waals surface area (Å²) in [5.41, 5.74) is 1.79. The quantitative estimate of drug-likeness (QED) is 0.635. The minimum absolute atomic E-state index is 0.0836. The molecule has 0 radical (unpaired) electrons. The molecule has 2 heterocycles. The largest absolute Gasteiger partial charge is 0.292 e. The van der Waals surface area contributed by atoms with E-state index in [1.54, 1.807) is 25.2 Å². The summed E-state index contributed by atoms with van der Waals surface area (Å²) in [6.45, 7) is 5.52. The summed E-state index contributed by atoms with van der Waals surface area (Å²) in [7, 11) is 0. The van der Waals surface area contributed by atoms with Gasteiger partial charge in [-0.1, -0.05) is 6.92 Å². The highest BCUT2D eigenvalue weighted by Crippen LogP contribution is 2.35. The van der Waals surface area contributed by atoms with Gasteiger partial charge in [-0.15, -0.1) is 11.3 Å². The molecule has 0 bridgehead atoms. The lowest BCUT2D eigenvalue weighted by molar-refractivity contribution is 0.0969. The summed E-state index contributed by atoms with van der Waals surface area (Å²) in [5.74, 6) is 0.591. The third kappa shape index (κ3) is 3.12. The summed E-state index contributed by atoms with van der Waals surface area (Å²) in [6, 6.07) is 4.28. The van der Waals surface area contributed by atoms with Gasteiger partial charge in [0.15, 0.2) is 5.78 Å². The predicted molar refractivity (Wildman–Crippen MR) is 105 cm³/mol. The molecule has 0 aliphatic heterocycles. The predicted octanol–water partition coefficient (Wildman–Crippen LogP) is 4.22. The van der Waals surface area contributed by atoms with Gasteiger partial charge in [0.25, 0.3) is 5.56 Å². The van der Waals surface area contributed by atoms with Gasteiger partial charge in [-0.2, -0.15) is 0 Å². The lowest BCUT2D eigenvalue weighted by Crippen LogP contribution is -2.28. The lowest BCUT2D eigenvalue weighted by atomic mass is 9.89. The molecule has 1 aliphatic carbocycles. The van der Waals surface area contributed by atoms with E-state index in [9.17, 15) is 14.0 Å². The number of thiophene rings is 1. The van der Waals surface area contributed by atoms with Crippen molar-refractivity contribution in [3.8, 4) is 0 Å². The molecule has 4 rings (SSSR count). The number of nitrogens with zero attached hydrogens (tertiary/aromatic N) is 2. The molecule has 6 heteroatoms. The topological polar surface area (TPSA) is 52.0 Å². The van der Waals surface area contributed by atoms with Crippen molar-refractivity contribution in [3.63, 3.8) is 0 Å². The average Bonchev–Trinajstić information content (AvgIpc) is 2.97. The molecule has 140 valence electrons. The molecule has 4 nitrogen and oxygen atoms in total. The zero-order chi connectivity index (χ0) is 19.3. The van der Waals surface area contributed by atoms with Crippen molar-refractivity contribution in [2.75, 3.05) is 0 Å². The van der Waals surface area contributed by atoms with Crippen LogP contribution in [-0.4, -0.2) is 15.3 Å². The fourth-order valence-electron chi connectivity index (χ4n) is 3.76. The molecule has 1 aliphatic rings. The van der Waals surface area contributed by atoms with E-state index in [1.165, 1.54) is 27.6 Å². The van der Waals surface area contributed by atoms with Crippen LogP contribution >= 0.6 is 11.3 Å². The number of aromatic nitrogens is 2. The van der Waals surface area contributed by atoms with E-state index in [2.05, 4.69) is 11.9 Å². The molecule has 2 aromatic heterocycles. The Kier molecular flexibility index (Phi) is 4.46. The SMILES string of the molecule is Cc1cc(C(=O)Cn2c(C)nc3sc4c(c3c2=O)CCC(C)C4)ccc1F. The van der Waals surface area contributed by atoms with Gasteiger partial charge in [-0.3, -0.25) is 14.2 Å². The molecule has 0 N–H and O–H groups in total. The summed E-state index contributed by atoms with van der Waals surface area (Å²) in [5, 5.41) is 0.676. The van der Waals surface area contributed by atoms with Gasteiger partial charge in [0.2, 0.25) is 0 Å². The second-order valence-corrected chi connectivity index (χ2v) is 8.55. The van der Waals surface area contributed by atoms with Crippen molar-refractivity contribution in [1.82, 2.24) is 9.55 Å². The smallest absolute Gasteiger partial charge is 0.262 e. The molecule has 1 atom stereocenters. The van der Waals surface area contributed by atoms with Crippen LogP contribution in [0.5, 0.6) is 0 Å². The first-order valence-corrected chi connectivity index (χ1v) is 9.98. The summed E-state index contributed by atoms with van der Waals surface area (Å²) < 4.78 is 14.9. The normalized spacial score (nSPS) is 16.5. The van der Waals surface area contributed by atoms with E-state index < -0.39 is 0 Å². The monoisotopic (exact) mass is 384 g/mol. The van der Waals surface area contributed by atoms with E-state index in [1.807, 2.05) is 0 Å². The standard InChI is InChI=1S/C21H21FN2O2S/c1-11-4-6-15-18(8-11)27-20-19(15)21(26)24(13(3)23-20)10-17(25)14-5-7-16(22)12(2)9-14/h5,7,9,11H,4,6,8,10H2,1-3H3. The summed E-state index contributed by atoms with van der Waals surface area (Å²) in [4.78, 5) is 32.5. The van der Waals surface area contributed by atoms with Gasteiger partial charge in [-0.05, 0) is 68.4 Å². The molecule has 1 aromatic carbocycles. The molecule has 0 saturated carbocycles. The fraction of sp³-hybridized carbons (Fsp3) is 0.381. The number of Topliss-reactive ketones (excluding diaryl/α,β-unsaturated/α-hetero) is 1. The van der Waals surface area contributed by atoms with Gasteiger partial charge in [-0.25, -0.2) is 9.37 Å². The Morgan fingerprint density at radius 2 is 2.15 bits per heavy atom. The third-order valence-corrected chi connectivity index (χ3v) is 6.54. The van der Waals surface area contributed by atoms with E-state index in [0.29, 0.717) is 28.3 Å². The first kappa shape index (κ1) is 18.0. The average molecular weight is 384 g/mol. The first-order valence-electron chi connectivity index (χ1n) is 9.16. The van der Waals surface area contributed by atoms with Crippen molar-refractivity contribution in [2.45, 2.75) is 46.6 Å². The number of fused-ring (bicyclic) bond motifs is 3. The Morgan fingerprint density at radius 3 is 2.89 bits per heavy atom. The minimum Gasteiger partial charge on any atom is -0.292 e. The lowest BCUT2D eigenvalue weighted by Gasteiger charge is -2.17. The number of carbonyl (C=O) groups excluding carboxylic acids is 1. The van der Waals surface area contributed by atoms with Crippen LogP contribution in [0.25, 0.3) is 10.2 Å². The van der Waals surface area contributed by atoms with Gasteiger partial charge < -0.3 is 0 Å². The van der Waals surface area contributed by atoms with Crippen LogP contribution in [0.1, 0.15) is 45.5 Å². The molecule has 0 fully saturated rings. The van der Waals surface area contributed by atoms with E-state index in [4.69, 9.17) is 0 Å². The van der Waals surface area contributed by atoms with Crippen LogP contribution in [-0.2, 0) is 19.4 Å². The number of hydrogen-bond acceptors (Lipinski definition) is 4. The number of benzene rings is 1. The maximum absolute atomic E-state index is 13.5. The molecule has 0 spiro atoms. The van der Waals surface area contributed by atoms with E-state index in [0.717, 1.165) is 29.7 Å². The van der Waals surface area contributed by atoms with Crippen molar-refractivity contribution in [2.24, 2.45) is 5.92 Å². The van der Waals surface area contributed by atoms with Gasteiger partial charge in [0.05, 0.1) is 11.9 Å². The molecule has 27 heavy (non-hydrogen) atoms. The number of ketones is 1. The van der Waals surface area contributed by atoms with Crippen molar-refractivity contribution < 1.29 is 9.18 Å². The number of aryl methyl sites for hydroxylation is 3. The second kappa shape index (κ2) is 6.68. The number of carbonyl (C=O) groups is 1.